The SMILES string of the molecule is COC(=O)C(CCC[C@H]1C(=O)OCN1C(=O)OCc1ccccc1)NC(=O)OC(C)(C)C. The Kier molecular flexibility index (Phi) is 8.86. The summed E-state index contributed by atoms with van der Waals surface area (Å²) in [6, 6.07) is 7.37. The van der Waals surface area contributed by atoms with Gasteiger partial charge in [-0.25, -0.2) is 19.2 Å². The summed E-state index contributed by atoms with van der Waals surface area (Å²) in [6.45, 7) is 4.99. The van der Waals surface area contributed by atoms with Crippen molar-refractivity contribution in [1.82, 2.24) is 10.2 Å². The molecule has 0 spiro atoms. The third-order valence-corrected chi connectivity index (χ3v) is 4.58. The number of hydrogen-bond acceptors (Lipinski definition) is 8. The van der Waals surface area contributed by atoms with Crippen LogP contribution in [0.3, 0.4) is 0 Å². The van der Waals surface area contributed by atoms with Crippen molar-refractivity contribution in [3.63, 3.8) is 0 Å². The molecule has 1 heterocycles. The molecule has 10 heteroatoms. The van der Waals surface area contributed by atoms with Crippen molar-refractivity contribution in [2.24, 2.45) is 0 Å². The number of benzene rings is 1. The largest absolute Gasteiger partial charge is 0.467 e. The zero-order valence-electron chi connectivity index (χ0n) is 18.8. The van der Waals surface area contributed by atoms with E-state index < -0.39 is 41.8 Å². The van der Waals surface area contributed by atoms with Crippen molar-refractivity contribution < 1.29 is 38.1 Å². The van der Waals surface area contributed by atoms with Crippen LogP contribution in [-0.2, 0) is 35.1 Å². The number of carbonyl (C=O) groups excluding carboxylic acids is 4. The summed E-state index contributed by atoms with van der Waals surface area (Å²) in [5.74, 6) is -1.18. The van der Waals surface area contributed by atoms with E-state index in [4.69, 9.17) is 18.9 Å². The molecule has 10 nitrogen and oxygen atoms in total. The molecule has 1 aromatic rings. The van der Waals surface area contributed by atoms with Gasteiger partial charge >= 0.3 is 24.1 Å². The van der Waals surface area contributed by atoms with Gasteiger partial charge in [0.05, 0.1) is 7.11 Å². The van der Waals surface area contributed by atoms with E-state index >= 15 is 0 Å². The van der Waals surface area contributed by atoms with Crippen LogP contribution in [0.1, 0.15) is 45.6 Å². The van der Waals surface area contributed by atoms with Crippen LogP contribution in [-0.4, -0.2) is 60.6 Å². The highest BCUT2D eigenvalue weighted by Gasteiger charge is 2.38. The molecular weight excluding hydrogens is 420 g/mol. The minimum absolute atomic E-state index is 0.0707. The van der Waals surface area contributed by atoms with E-state index in [1.54, 1.807) is 20.8 Å². The van der Waals surface area contributed by atoms with Gasteiger partial charge in [-0.1, -0.05) is 30.3 Å². The first-order valence-electron chi connectivity index (χ1n) is 10.3. The Hall–Kier alpha value is -3.30. The number of carbonyl (C=O) groups is 4. The lowest BCUT2D eigenvalue weighted by atomic mass is 10.1. The molecule has 1 N–H and O–H groups in total. The maximum absolute atomic E-state index is 12.4. The lowest BCUT2D eigenvalue weighted by Gasteiger charge is -2.23. The molecule has 1 aromatic carbocycles. The van der Waals surface area contributed by atoms with Gasteiger partial charge in [0.2, 0.25) is 0 Å². The summed E-state index contributed by atoms with van der Waals surface area (Å²) >= 11 is 0. The Morgan fingerprint density at radius 1 is 1.22 bits per heavy atom. The zero-order valence-corrected chi connectivity index (χ0v) is 18.8. The molecule has 1 saturated heterocycles. The Morgan fingerprint density at radius 2 is 1.91 bits per heavy atom. The molecule has 32 heavy (non-hydrogen) atoms. The first-order chi connectivity index (χ1) is 15.1. The number of alkyl carbamates (subject to hydrolysis) is 1. The molecule has 0 aliphatic carbocycles. The number of nitrogens with zero attached hydrogens (tertiary/aromatic N) is 1. The second-order valence-electron chi connectivity index (χ2n) is 8.27. The van der Waals surface area contributed by atoms with Gasteiger partial charge in [-0.3, -0.25) is 4.90 Å². The Bertz CT molecular complexity index is 806. The molecule has 0 aromatic heterocycles. The van der Waals surface area contributed by atoms with Gasteiger partial charge in [0.15, 0.2) is 6.73 Å². The molecule has 176 valence electrons. The molecule has 2 amide bonds. The zero-order chi connectivity index (χ0) is 23.7. The topological polar surface area (TPSA) is 120 Å². The fourth-order valence-electron chi connectivity index (χ4n) is 3.06. The van der Waals surface area contributed by atoms with Gasteiger partial charge in [-0.15, -0.1) is 0 Å². The summed E-state index contributed by atoms with van der Waals surface area (Å²) < 4.78 is 20.2. The normalized spacial score (nSPS) is 16.7. The maximum atomic E-state index is 12.4. The molecular formula is C22H30N2O8. The maximum Gasteiger partial charge on any atom is 0.413 e. The summed E-state index contributed by atoms with van der Waals surface area (Å²) in [5.41, 5.74) is 0.0943. The van der Waals surface area contributed by atoms with E-state index in [9.17, 15) is 19.2 Å². The van der Waals surface area contributed by atoms with Crippen LogP contribution in [0.4, 0.5) is 9.59 Å². The minimum Gasteiger partial charge on any atom is -0.467 e. The number of amides is 2. The number of ether oxygens (including phenoxy) is 4. The predicted octanol–water partition coefficient (Wildman–Crippen LogP) is 2.74. The van der Waals surface area contributed by atoms with Crippen LogP contribution in [0.2, 0.25) is 0 Å². The fraction of sp³-hybridized carbons (Fsp3) is 0.545. The third kappa shape index (κ3) is 7.75. The average Bonchev–Trinajstić information content (AvgIpc) is 3.10. The van der Waals surface area contributed by atoms with Crippen LogP contribution in [0.15, 0.2) is 30.3 Å². The van der Waals surface area contributed by atoms with Gasteiger partial charge < -0.3 is 24.3 Å². The van der Waals surface area contributed by atoms with E-state index in [1.165, 1.54) is 12.0 Å². The van der Waals surface area contributed by atoms with Crippen molar-refractivity contribution in [2.75, 3.05) is 13.8 Å². The Labute approximate surface area is 187 Å². The van der Waals surface area contributed by atoms with E-state index in [2.05, 4.69) is 5.32 Å². The van der Waals surface area contributed by atoms with Crippen molar-refractivity contribution >= 4 is 24.1 Å². The van der Waals surface area contributed by atoms with E-state index in [1.807, 2.05) is 30.3 Å². The van der Waals surface area contributed by atoms with Crippen molar-refractivity contribution in [1.29, 1.82) is 0 Å². The number of rotatable bonds is 8. The van der Waals surface area contributed by atoms with E-state index in [0.29, 0.717) is 6.42 Å². The van der Waals surface area contributed by atoms with Gasteiger partial charge in [-0.2, -0.15) is 0 Å². The molecule has 1 aliphatic heterocycles. The van der Waals surface area contributed by atoms with Crippen LogP contribution in [0, 0.1) is 0 Å². The van der Waals surface area contributed by atoms with Crippen LogP contribution in [0.25, 0.3) is 0 Å². The first kappa shape index (κ1) is 25.0. The van der Waals surface area contributed by atoms with Gasteiger partial charge in [0.25, 0.3) is 0 Å². The monoisotopic (exact) mass is 450 g/mol. The smallest absolute Gasteiger partial charge is 0.413 e. The van der Waals surface area contributed by atoms with Crippen molar-refractivity contribution in [3.8, 4) is 0 Å². The van der Waals surface area contributed by atoms with E-state index in [-0.39, 0.29) is 26.2 Å². The number of methoxy groups -OCH3 is 1. The number of nitrogens with one attached hydrogen (secondary N) is 1. The summed E-state index contributed by atoms with van der Waals surface area (Å²) in [6.07, 6.45) is -0.677. The van der Waals surface area contributed by atoms with Gasteiger partial charge in [0.1, 0.15) is 24.3 Å². The number of cyclic esters (lactones) is 1. The first-order valence-corrected chi connectivity index (χ1v) is 10.3. The molecule has 1 fully saturated rings. The van der Waals surface area contributed by atoms with Crippen LogP contribution < -0.4 is 5.32 Å². The lowest BCUT2D eigenvalue weighted by Crippen LogP contribution is -2.44. The van der Waals surface area contributed by atoms with Crippen molar-refractivity contribution in [3.05, 3.63) is 35.9 Å². The highest BCUT2D eigenvalue weighted by molar-refractivity contribution is 5.84. The number of hydrogen-bond donors (Lipinski definition) is 1. The third-order valence-electron chi connectivity index (χ3n) is 4.58. The average molecular weight is 450 g/mol. The highest BCUT2D eigenvalue weighted by Crippen LogP contribution is 2.20. The predicted molar refractivity (Wildman–Crippen MR) is 112 cm³/mol. The fourth-order valence-corrected chi connectivity index (χ4v) is 3.06. The highest BCUT2D eigenvalue weighted by atomic mass is 16.6. The number of esters is 2. The van der Waals surface area contributed by atoms with E-state index in [0.717, 1.165) is 5.56 Å². The van der Waals surface area contributed by atoms with Gasteiger partial charge in [-0.05, 0) is 45.6 Å². The minimum atomic E-state index is -0.953. The molecule has 0 radical (unpaired) electrons. The Morgan fingerprint density at radius 3 is 2.53 bits per heavy atom. The molecule has 2 rings (SSSR count). The Balaban J connectivity index is 1.89. The summed E-state index contributed by atoms with van der Waals surface area (Å²) in [5, 5.41) is 2.48. The molecule has 1 unspecified atom stereocenters. The standard InChI is InChI=1S/C22H30N2O8/c1-22(2,3)32-20(27)23-16(18(25)29-4)11-8-12-17-19(26)31-14-24(17)21(28)30-13-15-9-6-5-7-10-15/h5-7,9-10,16-17H,8,11-14H2,1-4H3,(H,23,27)/t16?,17-/m0/s1. The van der Waals surface area contributed by atoms with Crippen LogP contribution >= 0.6 is 0 Å². The summed E-state index contributed by atoms with van der Waals surface area (Å²) in [7, 11) is 1.21. The molecule has 0 bridgehead atoms. The molecule has 2 atom stereocenters. The lowest BCUT2D eigenvalue weighted by molar-refractivity contribution is -0.143. The second kappa shape index (κ2) is 11.4. The quantitative estimate of drug-likeness (QED) is 0.474. The second-order valence-corrected chi connectivity index (χ2v) is 8.27. The molecule has 0 saturated carbocycles. The van der Waals surface area contributed by atoms with Crippen molar-refractivity contribution in [2.45, 2.75) is 64.3 Å². The molecule has 1 aliphatic rings. The van der Waals surface area contributed by atoms with Gasteiger partial charge in [0, 0.05) is 0 Å². The van der Waals surface area contributed by atoms with Crippen LogP contribution in [0.5, 0.6) is 0 Å². The summed E-state index contributed by atoms with van der Waals surface area (Å²) in [4.78, 5) is 49.8.